The van der Waals surface area contributed by atoms with Crippen molar-refractivity contribution in [3.8, 4) is 17.1 Å². The molecule has 0 saturated carbocycles. The zero-order chi connectivity index (χ0) is 24.2. The van der Waals surface area contributed by atoms with Gasteiger partial charge < -0.3 is 5.32 Å². The Morgan fingerprint density at radius 3 is 2.68 bits per heavy atom. The van der Waals surface area contributed by atoms with Crippen LogP contribution >= 0.6 is 23.4 Å². The van der Waals surface area contributed by atoms with E-state index >= 15 is 0 Å². The Hall–Kier alpha value is -3.76. The lowest BCUT2D eigenvalue weighted by Gasteiger charge is -2.15. The maximum atomic E-state index is 12.9. The number of nitrogens with one attached hydrogen (secondary N) is 1. The van der Waals surface area contributed by atoms with Crippen molar-refractivity contribution < 1.29 is 9.72 Å². The highest BCUT2D eigenvalue weighted by atomic mass is 35.5. The summed E-state index contributed by atoms with van der Waals surface area (Å²) in [4.78, 5) is 27.6. The van der Waals surface area contributed by atoms with E-state index in [9.17, 15) is 14.9 Å². The second kappa shape index (κ2) is 10.0. The van der Waals surface area contributed by atoms with Crippen LogP contribution in [-0.4, -0.2) is 35.8 Å². The van der Waals surface area contributed by atoms with Crippen LogP contribution in [0, 0.1) is 17.0 Å². The number of pyridine rings is 1. The number of non-ortho nitro benzene ring substituents is 1. The first-order valence-electron chi connectivity index (χ1n) is 10.2. The molecule has 0 aliphatic carbocycles. The zero-order valence-corrected chi connectivity index (χ0v) is 19.7. The smallest absolute Gasteiger partial charge is 0.271 e. The van der Waals surface area contributed by atoms with Crippen molar-refractivity contribution in [3.05, 3.63) is 87.7 Å². The number of hydrogen-bond acceptors (Lipinski definition) is 7. The van der Waals surface area contributed by atoms with E-state index in [-0.39, 0.29) is 22.3 Å². The number of anilines is 1. The predicted octanol–water partition coefficient (Wildman–Crippen LogP) is 5.32. The fourth-order valence-electron chi connectivity index (χ4n) is 3.23. The quantitative estimate of drug-likeness (QED) is 0.210. The van der Waals surface area contributed by atoms with Crippen molar-refractivity contribution in [1.82, 2.24) is 19.7 Å². The number of amides is 1. The highest BCUT2D eigenvalue weighted by Crippen LogP contribution is 2.32. The maximum Gasteiger partial charge on any atom is 0.271 e. The Bertz CT molecular complexity index is 1360. The number of rotatable bonds is 7. The molecule has 0 aliphatic heterocycles. The molecule has 2 aromatic carbocycles. The number of carbonyl (C=O) groups is 1. The van der Waals surface area contributed by atoms with Crippen LogP contribution in [0.15, 0.2) is 72.1 Å². The molecule has 4 aromatic rings. The molecule has 4 rings (SSSR count). The van der Waals surface area contributed by atoms with Gasteiger partial charge in [0, 0.05) is 30.1 Å². The molecule has 2 aromatic heterocycles. The number of aryl methyl sites for hydroxylation is 1. The van der Waals surface area contributed by atoms with Crippen LogP contribution in [-0.2, 0) is 4.79 Å². The molecule has 0 unspecified atom stereocenters. The topological polar surface area (TPSA) is 116 Å². The summed E-state index contributed by atoms with van der Waals surface area (Å²) in [5.41, 5.74) is 2.67. The second-order valence-corrected chi connectivity index (χ2v) is 9.06. The first-order chi connectivity index (χ1) is 16.3. The van der Waals surface area contributed by atoms with Crippen molar-refractivity contribution in [2.75, 3.05) is 5.32 Å². The molecule has 2 heterocycles. The Morgan fingerprint density at radius 1 is 1.18 bits per heavy atom. The molecule has 0 saturated heterocycles. The van der Waals surface area contributed by atoms with E-state index in [1.807, 2.05) is 47.9 Å². The minimum absolute atomic E-state index is 0.166. The number of nitro groups is 1. The highest BCUT2D eigenvalue weighted by Gasteiger charge is 2.23. The molecule has 1 amide bonds. The normalized spacial score (nSPS) is 11.7. The molecular weight excluding hydrogens is 476 g/mol. The summed E-state index contributed by atoms with van der Waals surface area (Å²) in [7, 11) is 0. The first kappa shape index (κ1) is 23.4. The number of hydrogen-bond donors (Lipinski definition) is 1. The standard InChI is InChI=1S/C23H19ClN6O3S/c1-14-6-3-4-8-20(14)29-21(16-7-5-11-25-13-16)27-28-23(29)34-15(2)22(31)26-19-12-17(30(32)33)9-10-18(19)24/h3-13,15H,1-2H3,(H,26,31)/t15-/m1/s1. The first-order valence-corrected chi connectivity index (χ1v) is 11.4. The summed E-state index contributed by atoms with van der Waals surface area (Å²) in [6.45, 7) is 3.70. The van der Waals surface area contributed by atoms with Crippen molar-refractivity contribution >= 4 is 40.6 Å². The third-order valence-electron chi connectivity index (χ3n) is 4.98. The van der Waals surface area contributed by atoms with Crippen LogP contribution in [0.2, 0.25) is 5.02 Å². The molecule has 0 bridgehead atoms. The minimum Gasteiger partial charge on any atom is -0.324 e. The van der Waals surface area contributed by atoms with Crippen LogP contribution in [0.5, 0.6) is 0 Å². The molecule has 11 heteroatoms. The Balaban J connectivity index is 1.65. The molecular formula is C23H19ClN6O3S. The number of carbonyl (C=O) groups excluding carboxylic acids is 1. The largest absolute Gasteiger partial charge is 0.324 e. The monoisotopic (exact) mass is 494 g/mol. The number of para-hydroxylation sites is 1. The molecule has 0 fully saturated rings. The van der Waals surface area contributed by atoms with Gasteiger partial charge in [0.15, 0.2) is 11.0 Å². The number of halogens is 1. The molecule has 0 aliphatic rings. The molecule has 172 valence electrons. The van der Waals surface area contributed by atoms with Crippen LogP contribution in [0.1, 0.15) is 12.5 Å². The van der Waals surface area contributed by atoms with Crippen LogP contribution in [0.3, 0.4) is 0 Å². The summed E-state index contributed by atoms with van der Waals surface area (Å²) < 4.78 is 1.89. The fraction of sp³-hybridized carbons (Fsp3) is 0.130. The van der Waals surface area contributed by atoms with E-state index in [4.69, 9.17) is 11.6 Å². The lowest BCUT2D eigenvalue weighted by molar-refractivity contribution is -0.384. The second-order valence-electron chi connectivity index (χ2n) is 7.34. The summed E-state index contributed by atoms with van der Waals surface area (Å²) in [6, 6.07) is 15.4. The van der Waals surface area contributed by atoms with Crippen LogP contribution < -0.4 is 5.32 Å². The summed E-state index contributed by atoms with van der Waals surface area (Å²) >= 11 is 7.34. The van der Waals surface area contributed by atoms with Crippen LogP contribution in [0.4, 0.5) is 11.4 Å². The molecule has 9 nitrogen and oxygen atoms in total. The van der Waals surface area contributed by atoms with Gasteiger partial charge in [-0.1, -0.05) is 41.6 Å². The van der Waals surface area contributed by atoms with Crippen molar-refractivity contribution in [1.29, 1.82) is 0 Å². The summed E-state index contributed by atoms with van der Waals surface area (Å²) in [6.07, 6.45) is 3.38. The van der Waals surface area contributed by atoms with E-state index in [0.29, 0.717) is 11.0 Å². The van der Waals surface area contributed by atoms with Crippen molar-refractivity contribution in [2.45, 2.75) is 24.3 Å². The number of aromatic nitrogens is 4. The highest BCUT2D eigenvalue weighted by molar-refractivity contribution is 8.00. The lowest BCUT2D eigenvalue weighted by Crippen LogP contribution is -2.23. The lowest BCUT2D eigenvalue weighted by atomic mass is 10.2. The average Bonchev–Trinajstić information content (AvgIpc) is 3.24. The molecule has 0 radical (unpaired) electrons. The number of nitrogens with zero attached hydrogens (tertiary/aromatic N) is 5. The molecule has 1 atom stereocenters. The molecule has 1 N–H and O–H groups in total. The van der Waals surface area contributed by atoms with Gasteiger partial charge in [0.05, 0.1) is 26.6 Å². The van der Waals surface area contributed by atoms with E-state index in [0.717, 1.165) is 16.8 Å². The number of nitro benzene ring substituents is 1. The van der Waals surface area contributed by atoms with E-state index in [1.165, 1.54) is 30.0 Å². The van der Waals surface area contributed by atoms with Gasteiger partial charge in [-0.05, 0) is 43.7 Å². The summed E-state index contributed by atoms with van der Waals surface area (Å²) in [5, 5.41) is 22.6. The van der Waals surface area contributed by atoms with Crippen molar-refractivity contribution in [3.63, 3.8) is 0 Å². The minimum atomic E-state index is -0.607. The fourth-order valence-corrected chi connectivity index (χ4v) is 4.25. The van der Waals surface area contributed by atoms with Gasteiger partial charge in [0.1, 0.15) is 0 Å². The van der Waals surface area contributed by atoms with Gasteiger partial charge in [-0.2, -0.15) is 0 Å². The van der Waals surface area contributed by atoms with Gasteiger partial charge in [0.2, 0.25) is 5.91 Å². The van der Waals surface area contributed by atoms with Crippen LogP contribution in [0.25, 0.3) is 17.1 Å². The van der Waals surface area contributed by atoms with E-state index < -0.39 is 10.2 Å². The maximum absolute atomic E-state index is 12.9. The SMILES string of the molecule is Cc1ccccc1-n1c(S[C@H](C)C(=O)Nc2cc([N+](=O)[O-])ccc2Cl)nnc1-c1cccnc1. The third kappa shape index (κ3) is 4.92. The molecule has 0 spiro atoms. The van der Waals surface area contributed by atoms with Crippen molar-refractivity contribution in [2.24, 2.45) is 0 Å². The average molecular weight is 495 g/mol. The third-order valence-corrected chi connectivity index (χ3v) is 6.35. The summed E-state index contributed by atoms with van der Waals surface area (Å²) in [5.74, 6) is 0.217. The van der Waals surface area contributed by atoms with Gasteiger partial charge >= 0.3 is 0 Å². The zero-order valence-electron chi connectivity index (χ0n) is 18.2. The van der Waals surface area contributed by atoms with Gasteiger partial charge in [-0.25, -0.2) is 0 Å². The van der Waals surface area contributed by atoms with Gasteiger partial charge in [-0.15, -0.1) is 10.2 Å². The van der Waals surface area contributed by atoms with Gasteiger partial charge in [-0.3, -0.25) is 24.5 Å². The molecule has 34 heavy (non-hydrogen) atoms. The Morgan fingerprint density at radius 2 is 1.97 bits per heavy atom. The Kier molecular flexibility index (Phi) is 6.90. The van der Waals surface area contributed by atoms with E-state index in [2.05, 4.69) is 20.5 Å². The number of thioether (sulfide) groups is 1. The van der Waals surface area contributed by atoms with E-state index in [1.54, 1.807) is 19.3 Å². The van der Waals surface area contributed by atoms with Gasteiger partial charge in [0.25, 0.3) is 5.69 Å². The number of benzene rings is 2. The predicted molar refractivity (Wildman–Crippen MR) is 131 cm³/mol. The Labute approximate surface area is 204 Å².